The summed E-state index contributed by atoms with van der Waals surface area (Å²) in [6.07, 6.45) is 5.79. The SMILES string of the molecule is Cl.Cn1nncc1-c1cc(CO[C@H]2CCCN[C@H]2c2ccccc2)c2occc2c1. The molecule has 0 spiro atoms. The number of hydrogen-bond acceptors (Lipinski definition) is 5. The number of furan rings is 1. The Bertz CT molecular complexity index is 1110. The van der Waals surface area contributed by atoms with Crippen LogP contribution in [0.25, 0.3) is 22.2 Å². The smallest absolute Gasteiger partial charge is 0.139 e. The highest BCUT2D eigenvalue weighted by molar-refractivity contribution is 5.86. The van der Waals surface area contributed by atoms with Crippen molar-refractivity contribution in [2.24, 2.45) is 7.05 Å². The summed E-state index contributed by atoms with van der Waals surface area (Å²) in [5, 5.41) is 12.8. The summed E-state index contributed by atoms with van der Waals surface area (Å²) in [5.74, 6) is 0. The van der Waals surface area contributed by atoms with Crippen LogP contribution < -0.4 is 5.32 Å². The number of halogens is 1. The van der Waals surface area contributed by atoms with Gasteiger partial charge < -0.3 is 14.5 Å². The lowest BCUT2D eigenvalue weighted by Crippen LogP contribution is -2.39. The van der Waals surface area contributed by atoms with Gasteiger partial charge in [-0.15, -0.1) is 17.5 Å². The number of fused-ring (bicyclic) bond motifs is 1. The molecular weight excluding hydrogens is 400 g/mol. The van der Waals surface area contributed by atoms with Crippen LogP contribution in [0.15, 0.2) is 65.4 Å². The predicted octanol–water partition coefficient (Wildman–Crippen LogP) is 4.66. The fraction of sp³-hybridized carbons (Fsp3) is 0.304. The lowest BCUT2D eigenvalue weighted by atomic mass is 9.94. The molecule has 1 aliphatic heterocycles. The first-order chi connectivity index (χ1) is 14.3. The predicted molar refractivity (Wildman–Crippen MR) is 118 cm³/mol. The van der Waals surface area contributed by atoms with Gasteiger partial charge in [0.15, 0.2) is 0 Å². The van der Waals surface area contributed by atoms with E-state index >= 15 is 0 Å². The molecule has 3 heterocycles. The fourth-order valence-electron chi connectivity index (χ4n) is 4.19. The zero-order valence-corrected chi connectivity index (χ0v) is 17.6. The summed E-state index contributed by atoms with van der Waals surface area (Å²) >= 11 is 0. The van der Waals surface area contributed by atoms with Crippen molar-refractivity contribution in [3.63, 3.8) is 0 Å². The molecule has 156 valence electrons. The summed E-state index contributed by atoms with van der Waals surface area (Å²) in [6, 6.07) is 17.0. The number of nitrogens with one attached hydrogen (secondary N) is 1. The molecule has 1 aliphatic rings. The standard InChI is InChI=1S/C23H24N4O2.ClH/c1-27-20(14-25-26-27)18-12-17-9-11-28-23(17)19(13-18)15-29-21-8-5-10-24-22(21)16-6-3-2-4-7-16;/h2-4,6-7,9,11-14,21-22,24H,5,8,10,15H2,1H3;1H/t21-,22-;/m0./s1. The quantitative estimate of drug-likeness (QED) is 0.504. The van der Waals surface area contributed by atoms with Crippen molar-refractivity contribution in [1.29, 1.82) is 0 Å². The third kappa shape index (κ3) is 3.99. The maximum absolute atomic E-state index is 6.46. The molecule has 6 nitrogen and oxygen atoms in total. The summed E-state index contributed by atoms with van der Waals surface area (Å²) in [6.45, 7) is 1.52. The van der Waals surface area contributed by atoms with Crippen LogP contribution in [-0.2, 0) is 18.4 Å². The van der Waals surface area contributed by atoms with Crippen molar-refractivity contribution < 1.29 is 9.15 Å². The molecule has 7 heteroatoms. The second kappa shape index (κ2) is 9.00. The van der Waals surface area contributed by atoms with Crippen LogP contribution in [0.5, 0.6) is 0 Å². The Morgan fingerprint density at radius 2 is 2.07 bits per heavy atom. The second-order valence-corrected chi connectivity index (χ2v) is 7.55. The number of rotatable bonds is 5. The van der Waals surface area contributed by atoms with Gasteiger partial charge in [0, 0.05) is 23.6 Å². The minimum Gasteiger partial charge on any atom is -0.464 e. The molecule has 0 radical (unpaired) electrons. The van der Waals surface area contributed by atoms with Gasteiger partial charge in [-0.2, -0.15) is 0 Å². The monoisotopic (exact) mass is 424 g/mol. The zero-order valence-electron chi connectivity index (χ0n) is 16.8. The van der Waals surface area contributed by atoms with Gasteiger partial charge in [-0.25, -0.2) is 4.68 Å². The van der Waals surface area contributed by atoms with Crippen molar-refractivity contribution in [3.05, 3.63) is 72.1 Å². The Morgan fingerprint density at radius 1 is 1.20 bits per heavy atom. The summed E-state index contributed by atoms with van der Waals surface area (Å²) < 4.78 is 14.0. The normalized spacial score (nSPS) is 19.0. The third-order valence-electron chi connectivity index (χ3n) is 5.65. The van der Waals surface area contributed by atoms with Crippen molar-refractivity contribution in [1.82, 2.24) is 20.3 Å². The van der Waals surface area contributed by atoms with E-state index in [9.17, 15) is 0 Å². The van der Waals surface area contributed by atoms with Crippen molar-refractivity contribution in [3.8, 4) is 11.3 Å². The number of hydrogen-bond donors (Lipinski definition) is 1. The summed E-state index contributed by atoms with van der Waals surface area (Å²) in [5.41, 5.74) is 5.22. The first-order valence-corrected chi connectivity index (χ1v) is 10.0. The van der Waals surface area contributed by atoms with Gasteiger partial charge in [-0.1, -0.05) is 35.5 Å². The highest BCUT2D eigenvalue weighted by Gasteiger charge is 2.27. The van der Waals surface area contributed by atoms with Crippen LogP contribution in [0.3, 0.4) is 0 Å². The van der Waals surface area contributed by atoms with Crippen LogP contribution in [0.2, 0.25) is 0 Å². The molecule has 0 amide bonds. The first kappa shape index (κ1) is 20.6. The maximum Gasteiger partial charge on any atom is 0.139 e. The van der Waals surface area contributed by atoms with Crippen molar-refractivity contribution >= 4 is 23.4 Å². The molecule has 1 N–H and O–H groups in total. The Hall–Kier alpha value is -2.67. The van der Waals surface area contributed by atoms with Gasteiger partial charge in [0.25, 0.3) is 0 Å². The topological polar surface area (TPSA) is 65.1 Å². The van der Waals surface area contributed by atoms with E-state index < -0.39 is 0 Å². The molecule has 0 bridgehead atoms. The number of piperidine rings is 1. The van der Waals surface area contributed by atoms with Gasteiger partial charge in [-0.3, -0.25) is 0 Å². The molecule has 5 rings (SSSR count). The number of aromatic nitrogens is 3. The summed E-state index contributed by atoms with van der Waals surface area (Å²) in [4.78, 5) is 0. The molecule has 2 atom stereocenters. The van der Waals surface area contributed by atoms with Crippen LogP contribution in [0.1, 0.15) is 30.0 Å². The fourth-order valence-corrected chi connectivity index (χ4v) is 4.19. The maximum atomic E-state index is 6.46. The minimum atomic E-state index is 0. The van der Waals surface area contributed by atoms with Crippen molar-refractivity contribution in [2.75, 3.05) is 6.54 Å². The Kier molecular flexibility index (Phi) is 6.18. The highest BCUT2D eigenvalue weighted by atomic mass is 35.5. The average Bonchev–Trinajstić information content (AvgIpc) is 3.41. The molecular formula is C23H25ClN4O2. The van der Waals surface area contributed by atoms with Crippen LogP contribution in [0.4, 0.5) is 0 Å². The molecule has 1 saturated heterocycles. The van der Waals surface area contributed by atoms with Gasteiger partial charge in [0.05, 0.1) is 36.9 Å². The largest absolute Gasteiger partial charge is 0.464 e. The summed E-state index contributed by atoms with van der Waals surface area (Å²) in [7, 11) is 1.90. The molecule has 2 aromatic carbocycles. The van der Waals surface area contributed by atoms with Gasteiger partial charge in [0.1, 0.15) is 5.58 Å². The van der Waals surface area contributed by atoms with E-state index in [-0.39, 0.29) is 24.6 Å². The second-order valence-electron chi connectivity index (χ2n) is 7.55. The lowest BCUT2D eigenvalue weighted by molar-refractivity contribution is -0.00334. The molecule has 0 unspecified atom stereocenters. The molecule has 2 aromatic heterocycles. The van der Waals surface area contributed by atoms with E-state index in [1.54, 1.807) is 17.1 Å². The van der Waals surface area contributed by atoms with E-state index in [1.807, 2.05) is 13.1 Å². The molecule has 4 aromatic rings. The minimum absolute atomic E-state index is 0. The average molecular weight is 425 g/mol. The van der Waals surface area contributed by atoms with Gasteiger partial charge >= 0.3 is 0 Å². The number of benzene rings is 2. The highest BCUT2D eigenvalue weighted by Crippen LogP contribution is 2.31. The lowest BCUT2D eigenvalue weighted by Gasteiger charge is -2.33. The number of ether oxygens (including phenoxy) is 1. The molecule has 1 fully saturated rings. The van der Waals surface area contributed by atoms with Gasteiger partial charge in [-0.05, 0) is 43.1 Å². The zero-order chi connectivity index (χ0) is 19.6. The molecule has 30 heavy (non-hydrogen) atoms. The van der Waals surface area contributed by atoms with Crippen LogP contribution >= 0.6 is 12.4 Å². The number of nitrogens with zero attached hydrogens (tertiary/aromatic N) is 3. The number of aryl methyl sites for hydroxylation is 1. The van der Waals surface area contributed by atoms with Crippen molar-refractivity contribution in [2.45, 2.75) is 31.6 Å². The van der Waals surface area contributed by atoms with Crippen LogP contribution in [0, 0.1) is 0 Å². The van der Waals surface area contributed by atoms with E-state index in [2.05, 4.69) is 58.1 Å². The Labute approximate surface area is 181 Å². The Morgan fingerprint density at radius 3 is 2.87 bits per heavy atom. The molecule has 0 aliphatic carbocycles. The van der Waals surface area contributed by atoms with E-state index in [1.165, 1.54) is 5.56 Å². The Balaban J connectivity index is 0.00000218. The van der Waals surface area contributed by atoms with Gasteiger partial charge in [0.2, 0.25) is 0 Å². The first-order valence-electron chi connectivity index (χ1n) is 10.0. The van der Waals surface area contributed by atoms with E-state index in [0.29, 0.717) is 6.61 Å². The van der Waals surface area contributed by atoms with Crippen LogP contribution in [-0.4, -0.2) is 27.6 Å². The van der Waals surface area contributed by atoms with E-state index in [0.717, 1.165) is 47.2 Å². The third-order valence-corrected chi connectivity index (χ3v) is 5.65. The van der Waals surface area contributed by atoms with E-state index in [4.69, 9.17) is 9.15 Å². The molecule has 0 saturated carbocycles.